The largest absolute Gasteiger partial charge is 0.451 e. The first kappa shape index (κ1) is 19.0. The van der Waals surface area contributed by atoms with Crippen LogP contribution in [0.3, 0.4) is 0 Å². The Balaban J connectivity index is 1.85. The second kappa shape index (κ2) is 7.12. The number of aryl methyl sites for hydroxylation is 2. The zero-order valence-electron chi connectivity index (χ0n) is 14.4. The molecule has 1 N–H and O–H groups in total. The van der Waals surface area contributed by atoms with E-state index < -0.39 is 22.7 Å². The van der Waals surface area contributed by atoms with Crippen LogP contribution < -0.4 is 5.32 Å². The summed E-state index contributed by atoms with van der Waals surface area (Å²) >= 11 is 5.63. The zero-order chi connectivity index (χ0) is 19.8. The van der Waals surface area contributed by atoms with Gasteiger partial charge in [-0.3, -0.25) is 4.79 Å². The van der Waals surface area contributed by atoms with Crippen molar-refractivity contribution in [1.29, 1.82) is 0 Å². The Morgan fingerprint density at radius 1 is 1.04 bits per heavy atom. The van der Waals surface area contributed by atoms with E-state index in [0.29, 0.717) is 5.69 Å². The van der Waals surface area contributed by atoms with Crippen LogP contribution in [0, 0.1) is 13.8 Å². The van der Waals surface area contributed by atoms with Crippen molar-refractivity contribution in [2.24, 2.45) is 0 Å². The molecule has 0 atom stereocenters. The molecule has 2 aromatic carbocycles. The molecule has 7 heteroatoms. The topological polar surface area (TPSA) is 42.2 Å². The van der Waals surface area contributed by atoms with Gasteiger partial charge in [0.1, 0.15) is 5.76 Å². The van der Waals surface area contributed by atoms with Gasteiger partial charge in [0.25, 0.3) is 5.91 Å². The van der Waals surface area contributed by atoms with Gasteiger partial charge in [-0.2, -0.15) is 13.2 Å². The molecule has 1 amide bonds. The average Bonchev–Trinajstić information content (AvgIpc) is 3.07. The summed E-state index contributed by atoms with van der Waals surface area (Å²) in [7, 11) is 0. The molecule has 3 aromatic rings. The normalized spacial score (nSPS) is 11.5. The minimum Gasteiger partial charge on any atom is -0.451 e. The lowest BCUT2D eigenvalue weighted by Crippen LogP contribution is -2.11. The molecule has 0 spiro atoms. The van der Waals surface area contributed by atoms with Crippen LogP contribution in [0.5, 0.6) is 0 Å². The first-order chi connectivity index (χ1) is 12.6. The molecule has 27 heavy (non-hydrogen) atoms. The molecule has 3 rings (SSSR count). The van der Waals surface area contributed by atoms with Gasteiger partial charge in [-0.25, -0.2) is 0 Å². The molecule has 1 heterocycles. The molecule has 0 radical (unpaired) electrons. The number of hydrogen-bond acceptors (Lipinski definition) is 2. The van der Waals surface area contributed by atoms with E-state index in [1.165, 1.54) is 18.2 Å². The predicted molar refractivity (Wildman–Crippen MR) is 98.0 cm³/mol. The third kappa shape index (κ3) is 4.17. The maximum absolute atomic E-state index is 13.0. The molecule has 0 aliphatic heterocycles. The SMILES string of the molecule is Cc1ccc(NC(=O)c2ccc(-c3ccc(Cl)c(C(F)(F)F)c3)o2)c(C)c1. The summed E-state index contributed by atoms with van der Waals surface area (Å²) in [6.07, 6.45) is -4.58. The fourth-order valence-corrected chi connectivity index (χ4v) is 2.87. The summed E-state index contributed by atoms with van der Waals surface area (Å²) in [5, 5.41) is 2.33. The Morgan fingerprint density at radius 2 is 1.78 bits per heavy atom. The highest BCUT2D eigenvalue weighted by Crippen LogP contribution is 2.37. The van der Waals surface area contributed by atoms with Gasteiger partial charge in [-0.15, -0.1) is 0 Å². The number of alkyl halides is 3. The zero-order valence-corrected chi connectivity index (χ0v) is 15.2. The average molecular weight is 394 g/mol. The molecule has 0 saturated heterocycles. The van der Waals surface area contributed by atoms with Crippen LogP contribution in [0.25, 0.3) is 11.3 Å². The van der Waals surface area contributed by atoms with Gasteiger partial charge in [-0.1, -0.05) is 29.3 Å². The van der Waals surface area contributed by atoms with Crippen LogP contribution in [-0.4, -0.2) is 5.91 Å². The van der Waals surface area contributed by atoms with Gasteiger partial charge < -0.3 is 9.73 Å². The van der Waals surface area contributed by atoms with Crippen LogP contribution in [0.4, 0.5) is 18.9 Å². The van der Waals surface area contributed by atoms with Crippen molar-refractivity contribution in [2.75, 3.05) is 5.32 Å². The van der Waals surface area contributed by atoms with Gasteiger partial charge in [0.15, 0.2) is 5.76 Å². The molecule has 1 aromatic heterocycles. The van der Waals surface area contributed by atoms with E-state index in [0.717, 1.165) is 23.3 Å². The molecular formula is C20H15ClF3NO2. The lowest BCUT2D eigenvalue weighted by molar-refractivity contribution is -0.137. The number of nitrogens with one attached hydrogen (secondary N) is 1. The summed E-state index contributed by atoms with van der Waals surface area (Å²) in [6.45, 7) is 3.81. The maximum atomic E-state index is 13.0. The lowest BCUT2D eigenvalue weighted by atomic mass is 10.1. The second-order valence-corrected chi connectivity index (χ2v) is 6.54. The summed E-state index contributed by atoms with van der Waals surface area (Å²) in [6, 6.07) is 11.9. The van der Waals surface area contributed by atoms with Crippen molar-refractivity contribution in [3.63, 3.8) is 0 Å². The third-order valence-corrected chi connectivity index (χ3v) is 4.35. The van der Waals surface area contributed by atoms with E-state index in [1.54, 1.807) is 6.07 Å². The number of amides is 1. The van der Waals surface area contributed by atoms with E-state index in [2.05, 4.69) is 5.32 Å². The van der Waals surface area contributed by atoms with Crippen LogP contribution in [0.2, 0.25) is 5.02 Å². The molecule has 0 bridgehead atoms. The first-order valence-electron chi connectivity index (χ1n) is 8.01. The van der Waals surface area contributed by atoms with Crippen molar-refractivity contribution in [1.82, 2.24) is 0 Å². The van der Waals surface area contributed by atoms with Crippen molar-refractivity contribution < 1.29 is 22.4 Å². The highest BCUT2D eigenvalue weighted by Gasteiger charge is 2.33. The fraction of sp³-hybridized carbons (Fsp3) is 0.150. The number of carbonyl (C=O) groups is 1. The number of hydrogen-bond donors (Lipinski definition) is 1. The molecule has 0 unspecified atom stereocenters. The predicted octanol–water partition coefficient (Wildman–Crippen LogP) is 6.49. The number of furan rings is 1. The lowest BCUT2D eigenvalue weighted by Gasteiger charge is -2.10. The minimum absolute atomic E-state index is 0.00603. The van der Waals surface area contributed by atoms with Crippen molar-refractivity contribution >= 4 is 23.2 Å². The van der Waals surface area contributed by atoms with E-state index >= 15 is 0 Å². The standard InChI is InChI=1S/C20H15ClF3NO2/c1-11-3-6-16(12(2)9-11)25-19(26)18-8-7-17(27-18)13-4-5-15(21)14(10-13)20(22,23)24/h3-10H,1-2H3,(H,25,26). The van der Waals surface area contributed by atoms with E-state index in [1.807, 2.05) is 26.0 Å². The highest BCUT2D eigenvalue weighted by atomic mass is 35.5. The minimum atomic E-state index is -4.58. The molecule has 3 nitrogen and oxygen atoms in total. The van der Waals surface area contributed by atoms with Gasteiger partial charge in [0.2, 0.25) is 0 Å². The van der Waals surface area contributed by atoms with E-state index in [9.17, 15) is 18.0 Å². The van der Waals surface area contributed by atoms with Crippen LogP contribution >= 0.6 is 11.6 Å². The number of carbonyl (C=O) groups excluding carboxylic acids is 1. The third-order valence-electron chi connectivity index (χ3n) is 4.02. The number of halogens is 4. The maximum Gasteiger partial charge on any atom is 0.417 e. The van der Waals surface area contributed by atoms with Crippen molar-refractivity contribution in [3.8, 4) is 11.3 Å². The fourth-order valence-electron chi connectivity index (χ4n) is 2.65. The molecule has 0 aliphatic rings. The van der Waals surface area contributed by atoms with Gasteiger partial charge in [0.05, 0.1) is 10.6 Å². The molecule has 0 fully saturated rings. The molecule has 140 valence electrons. The van der Waals surface area contributed by atoms with Crippen LogP contribution in [0.15, 0.2) is 52.9 Å². The van der Waals surface area contributed by atoms with Gasteiger partial charge in [0, 0.05) is 11.3 Å². The second-order valence-electron chi connectivity index (χ2n) is 6.13. The Bertz CT molecular complexity index is 1010. The Labute approximate surface area is 158 Å². The van der Waals surface area contributed by atoms with Crippen molar-refractivity contribution in [2.45, 2.75) is 20.0 Å². The Kier molecular flexibility index (Phi) is 5.02. The molecular weight excluding hydrogens is 379 g/mol. The number of benzene rings is 2. The van der Waals surface area contributed by atoms with Gasteiger partial charge in [-0.05, 0) is 55.8 Å². The highest BCUT2D eigenvalue weighted by molar-refractivity contribution is 6.31. The summed E-state index contributed by atoms with van der Waals surface area (Å²) in [5.41, 5.74) is 1.81. The van der Waals surface area contributed by atoms with Crippen LogP contribution in [-0.2, 0) is 6.18 Å². The summed E-state index contributed by atoms with van der Waals surface area (Å²) in [5.74, 6) is -0.352. The van der Waals surface area contributed by atoms with E-state index in [-0.39, 0.29) is 17.1 Å². The number of rotatable bonds is 3. The first-order valence-corrected chi connectivity index (χ1v) is 8.38. The summed E-state index contributed by atoms with van der Waals surface area (Å²) in [4.78, 5) is 12.4. The Morgan fingerprint density at radius 3 is 2.44 bits per heavy atom. The summed E-state index contributed by atoms with van der Waals surface area (Å²) < 4.78 is 44.5. The molecule has 0 aliphatic carbocycles. The quantitative estimate of drug-likeness (QED) is 0.552. The molecule has 0 saturated carbocycles. The van der Waals surface area contributed by atoms with Gasteiger partial charge >= 0.3 is 6.18 Å². The van der Waals surface area contributed by atoms with Crippen LogP contribution in [0.1, 0.15) is 27.2 Å². The Hall–Kier alpha value is -2.73. The smallest absolute Gasteiger partial charge is 0.417 e. The number of anilines is 1. The van der Waals surface area contributed by atoms with E-state index in [4.69, 9.17) is 16.0 Å². The van der Waals surface area contributed by atoms with Crippen molar-refractivity contribution in [3.05, 3.63) is 76.0 Å². The monoisotopic (exact) mass is 393 g/mol.